The number of morpholine rings is 1. The first-order valence-corrected chi connectivity index (χ1v) is 10.8. The monoisotopic (exact) mass is 455 g/mol. The predicted molar refractivity (Wildman–Crippen MR) is 119 cm³/mol. The molecule has 0 saturated carbocycles. The third kappa shape index (κ3) is 4.81. The lowest BCUT2D eigenvalue weighted by Crippen LogP contribution is -2.49. The van der Waals surface area contributed by atoms with Gasteiger partial charge in [-0.3, -0.25) is 4.90 Å². The third-order valence-corrected chi connectivity index (χ3v) is 6.04. The number of fused-ring (bicyclic) bond motifs is 1. The van der Waals surface area contributed by atoms with Crippen LogP contribution in [0.4, 0.5) is 0 Å². The zero-order valence-corrected chi connectivity index (χ0v) is 18.1. The second-order valence-electron chi connectivity index (χ2n) is 7.52. The van der Waals surface area contributed by atoms with Crippen molar-refractivity contribution in [3.63, 3.8) is 0 Å². The van der Waals surface area contributed by atoms with Crippen LogP contribution in [0.1, 0.15) is 18.6 Å². The fraction of sp³-hybridized carbons (Fsp3) is 0.333. The highest BCUT2D eigenvalue weighted by molar-refractivity contribution is 9.10. The van der Waals surface area contributed by atoms with Gasteiger partial charge in [0.2, 0.25) is 0 Å². The highest BCUT2D eigenvalue weighted by atomic mass is 79.9. The molecule has 1 heterocycles. The Morgan fingerprint density at radius 1 is 1.10 bits per heavy atom. The van der Waals surface area contributed by atoms with Gasteiger partial charge < -0.3 is 14.6 Å². The topological polar surface area (TPSA) is 41.9 Å². The Morgan fingerprint density at radius 3 is 2.69 bits per heavy atom. The van der Waals surface area contributed by atoms with E-state index >= 15 is 0 Å². The average Bonchev–Trinajstić information content (AvgIpc) is 2.74. The Kier molecular flexibility index (Phi) is 6.50. The van der Waals surface area contributed by atoms with Crippen molar-refractivity contribution in [2.24, 2.45) is 0 Å². The van der Waals surface area contributed by atoms with Gasteiger partial charge in [-0.2, -0.15) is 0 Å². The highest BCUT2D eigenvalue weighted by Gasteiger charge is 2.31. The van der Waals surface area contributed by atoms with E-state index in [0.717, 1.165) is 33.1 Å². The van der Waals surface area contributed by atoms with Crippen molar-refractivity contribution in [1.29, 1.82) is 0 Å². The van der Waals surface area contributed by atoms with Gasteiger partial charge in [0, 0.05) is 29.0 Å². The van der Waals surface area contributed by atoms with Crippen LogP contribution in [-0.2, 0) is 4.74 Å². The molecule has 0 amide bonds. The van der Waals surface area contributed by atoms with Gasteiger partial charge in [-0.1, -0.05) is 64.5 Å². The first kappa shape index (κ1) is 20.4. The van der Waals surface area contributed by atoms with E-state index in [0.29, 0.717) is 13.2 Å². The molecular weight excluding hydrogens is 430 g/mol. The second kappa shape index (κ2) is 9.26. The molecule has 1 saturated heterocycles. The van der Waals surface area contributed by atoms with Crippen molar-refractivity contribution in [3.8, 4) is 5.75 Å². The summed E-state index contributed by atoms with van der Waals surface area (Å²) >= 11 is 3.48. The van der Waals surface area contributed by atoms with Crippen molar-refractivity contribution in [1.82, 2.24) is 4.90 Å². The number of halogens is 1. The molecule has 29 heavy (non-hydrogen) atoms. The summed E-state index contributed by atoms with van der Waals surface area (Å²) < 4.78 is 13.1. The number of ether oxygens (including phenoxy) is 2. The highest BCUT2D eigenvalue weighted by Crippen LogP contribution is 2.30. The standard InChI is InChI=1S/C24H26BrNO3/c1-17-24(19-9-11-20(25)12-10-19)28-14-13-26(17)15-21(27)16-29-23-8-4-6-18-5-2-3-7-22(18)23/h2-12,17,21,24,27H,13-16H2,1H3. The predicted octanol–water partition coefficient (Wildman–Crippen LogP) is 4.80. The Hall–Kier alpha value is -1.92. The lowest BCUT2D eigenvalue weighted by atomic mass is 10.0. The molecule has 1 aliphatic heterocycles. The lowest BCUT2D eigenvalue weighted by molar-refractivity contribution is -0.0804. The molecule has 3 aromatic rings. The molecule has 4 rings (SSSR count). The quantitative estimate of drug-likeness (QED) is 0.579. The minimum absolute atomic E-state index is 0.00281. The van der Waals surface area contributed by atoms with Crippen LogP contribution in [0, 0.1) is 0 Å². The number of hydrogen-bond donors (Lipinski definition) is 1. The summed E-state index contributed by atoms with van der Waals surface area (Å²) in [5, 5.41) is 12.8. The Bertz CT molecular complexity index is 941. The Labute approximate surface area is 180 Å². The maximum Gasteiger partial charge on any atom is 0.127 e. The number of benzene rings is 3. The van der Waals surface area contributed by atoms with E-state index in [-0.39, 0.29) is 18.8 Å². The van der Waals surface area contributed by atoms with Crippen LogP contribution in [0.15, 0.2) is 71.2 Å². The SMILES string of the molecule is CC1C(c2ccc(Br)cc2)OCCN1CC(O)COc1cccc2ccccc12. The summed E-state index contributed by atoms with van der Waals surface area (Å²) in [6, 6.07) is 22.6. The van der Waals surface area contributed by atoms with Crippen LogP contribution < -0.4 is 4.74 Å². The maximum absolute atomic E-state index is 10.6. The summed E-state index contributed by atoms with van der Waals surface area (Å²) in [6.45, 7) is 4.44. The molecule has 5 heteroatoms. The van der Waals surface area contributed by atoms with Crippen LogP contribution in [0.2, 0.25) is 0 Å². The summed E-state index contributed by atoms with van der Waals surface area (Å²) in [5.74, 6) is 0.810. The third-order valence-electron chi connectivity index (χ3n) is 5.51. The van der Waals surface area contributed by atoms with E-state index in [4.69, 9.17) is 9.47 Å². The average molecular weight is 456 g/mol. The number of aliphatic hydroxyl groups excluding tert-OH is 1. The molecule has 1 aliphatic rings. The molecule has 0 aromatic heterocycles. The van der Waals surface area contributed by atoms with Crippen LogP contribution in [0.3, 0.4) is 0 Å². The summed E-state index contributed by atoms with van der Waals surface area (Å²) in [7, 11) is 0. The van der Waals surface area contributed by atoms with Gasteiger partial charge in [-0.05, 0) is 36.1 Å². The first-order chi connectivity index (χ1) is 14.1. The zero-order valence-electron chi connectivity index (χ0n) is 16.5. The number of hydrogen-bond acceptors (Lipinski definition) is 4. The normalized spacial score (nSPS) is 21.2. The van der Waals surface area contributed by atoms with Gasteiger partial charge >= 0.3 is 0 Å². The van der Waals surface area contributed by atoms with Gasteiger partial charge in [0.15, 0.2) is 0 Å². The number of β-amino-alcohol motifs (C(OH)–C–C–N with tert-alkyl or cyclic N) is 1. The first-order valence-electron chi connectivity index (χ1n) is 10.0. The van der Waals surface area contributed by atoms with E-state index in [1.807, 2.05) is 42.5 Å². The molecule has 1 N–H and O–H groups in total. The Balaban J connectivity index is 1.37. The van der Waals surface area contributed by atoms with Gasteiger partial charge in [0.25, 0.3) is 0 Å². The van der Waals surface area contributed by atoms with Crippen LogP contribution in [0.5, 0.6) is 5.75 Å². The fourth-order valence-electron chi connectivity index (χ4n) is 3.95. The number of nitrogens with zero attached hydrogens (tertiary/aromatic N) is 1. The second-order valence-corrected chi connectivity index (χ2v) is 8.44. The molecule has 4 nitrogen and oxygen atoms in total. The molecule has 152 valence electrons. The van der Waals surface area contributed by atoms with Crippen molar-refractivity contribution < 1.29 is 14.6 Å². The molecule has 0 spiro atoms. The van der Waals surface area contributed by atoms with Gasteiger partial charge in [-0.25, -0.2) is 0 Å². The molecule has 3 unspecified atom stereocenters. The zero-order chi connectivity index (χ0) is 20.2. The lowest BCUT2D eigenvalue weighted by Gasteiger charge is -2.40. The summed E-state index contributed by atoms with van der Waals surface area (Å²) in [6.07, 6.45) is -0.567. The van der Waals surface area contributed by atoms with Crippen molar-refractivity contribution in [2.45, 2.75) is 25.2 Å². The molecule has 3 aromatic carbocycles. The number of aliphatic hydroxyl groups is 1. The van der Waals surface area contributed by atoms with Crippen molar-refractivity contribution >= 4 is 26.7 Å². The van der Waals surface area contributed by atoms with Gasteiger partial charge in [0.05, 0.1) is 12.7 Å². The van der Waals surface area contributed by atoms with Gasteiger partial charge in [-0.15, -0.1) is 0 Å². The molecule has 0 aliphatic carbocycles. The van der Waals surface area contributed by atoms with Crippen LogP contribution in [-0.4, -0.2) is 48.5 Å². The molecule has 0 radical (unpaired) electrons. The largest absolute Gasteiger partial charge is 0.490 e. The van der Waals surface area contributed by atoms with Gasteiger partial charge in [0.1, 0.15) is 18.5 Å². The van der Waals surface area contributed by atoms with Crippen LogP contribution in [0.25, 0.3) is 10.8 Å². The van der Waals surface area contributed by atoms with Crippen molar-refractivity contribution in [2.75, 3.05) is 26.3 Å². The van der Waals surface area contributed by atoms with E-state index in [1.54, 1.807) is 0 Å². The summed E-state index contributed by atoms with van der Waals surface area (Å²) in [4.78, 5) is 2.29. The Morgan fingerprint density at radius 2 is 1.86 bits per heavy atom. The molecule has 3 atom stereocenters. The van der Waals surface area contributed by atoms with Crippen molar-refractivity contribution in [3.05, 3.63) is 76.8 Å². The molecule has 1 fully saturated rings. The van der Waals surface area contributed by atoms with Crippen LogP contribution >= 0.6 is 15.9 Å². The minimum Gasteiger partial charge on any atom is -0.490 e. The number of rotatable bonds is 6. The van der Waals surface area contributed by atoms with E-state index < -0.39 is 6.10 Å². The minimum atomic E-state index is -0.569. The molecular formula is C24H26BrNO3. The fourth-order valence-corrected chi connectivity index (χ4v) is 4.21. The molecule has 0 bridgehead atoms. The van der Waals surface area contributed by atoms with E-state index in [1.165, 1.54) is 0 Å². The summed E-state index contributed by atoms with van der Waals surface area (Å²) in [5.41, 5.74) is 1.16. The van der Waals surface area contributed by atoms with E-state index in [2.05, 4.69) is 52.0 Å². The smallest absolute Gasteiger partial charge is 0.127 e. The van der Waals surface area contributed by atoms with E-state index in [9.17, 15) is 5.11 Å². The maximum atomic E-state index is 10.6.